The van der Waals surface area contributed by atoms with Gasteiger partial charge in [0.05, 0.1) is 19.0 Å². The minimum Gasteiger partial charge on any atom is -0.476 e. The van der Waals surface area contributed by atoms with Crippen LogP contribution in [-0.2, 0) is 22.9 Å². The fourth-order valence-corrected chi connectivity index (χ4v) is 5.13. The van der Waals surface area contributed by atoms with Gasteiger partial charge in [-0.05, 0) is 27.7 Å². The van der Waals surface area contributed by atoms with Gasteiger partial charge in [0.2, 0.25) is 11.8 Å². The zero-order chi connectivity index (χ0) is 21.9. The maximum Gasteiger partial charge on any atom is 0.475 e. The Morgan fingerprint density at radius 1 is 1.43 bits per heavy atom. The van der Waals surface area contributed by atoms with Crippen LogP contribution in [0.5, 0.6) is 5.88 Å². The first-order valence-corrected chi connectivity index (χ1v) is 10.7. The second-order valence-electron chi connectivity index (χ2n) is 7.41. The van der Waals surface area contributed by atoms with Gasteiger partial charge in [0.1, 0.15) is 6.61 Å². The minimum absolute atomic E-state index is 0.0737. The van der Waals surface area contributed by atoms with Crippen LogP contribution in [0.2, 0.25) is 0 Å². The van der Waals surface area contributed by atoms with Crippen molar-refractivity contribution in [2.45, 2.75) is 57.7 Å². The molecule has 5 atom stereocenters. The maximum atomic E-state index is 15.9. The second-order valence-corrected chi connectivity index (χ2v) is 8.99. The van der Waals surface area contributed by atoms with Crippen molar-refractivity contribution in [1.29, 1.82) is 0 Å². The normalized spacial score (nSPS) is 36.4. The SMILES string of the molecule is CCOc1nc(N)nc2c1ncn2[C@@H]1O[C@]2(F)CO[P@@](=O)(OC(C)C)OC2[C@@]1(C)F. The summed E-state index contributed by atoms with van der Waals surface area (Å²) < 4.78 is 71.2. The number of nitrogen functional groups attached to an aromatic ring is 1. The number of nitrogens with two attached hydrogens (primary N) is 1. The molecule has 2 aromatic rings. The lowest BCUT2D eigenvalue weighted by Crippen LogP contribution is -2.51. The van der Waals surface area contributed by atoms with Gasteiger partial charge in [0, 0.05) is 0 Å². The predicted molar refractivity (Wildman–Crippen MR) is 99.0 cm³/mol. The summed E-state index contributed by atoms with van der Waals surface area (Å²) in [5, 5.41) is 0. The lowest BCUT2D eigenvalue weighted by atomic mass is 9.97. The highest BCUT2D eigenvalue weighted by Crippen LogP contribution is 2.63. The van der Waals surface area contributed by atoms with Crippen molar-refractivity contribution in [3.8, 4) is 5.88 Å². The van der Waals surface area contributed by atoms with Gasteiger partial charge in [0.25, 0.3) is 5.85 Å². The zero-order valence-electron chi connectivity index (χ0n) is 16.7. The van der Waals surface area contributed by atoms with Crippen LogP contribution in [0.15, 0.2) is 6.33 Å². The summed E-state index contributed by atoms with van der Waals surface area (Å²) in [6.45, 7) is 5.42. The number of rotatable bonds is 5. The third kappa shape index (κ3) is 3.34. The van der Waals surface area contributed by atoms with Gasteiger partial charge < -0.3 is 15.2 Å². The molecule has 0 amide bonds. The summed E-state index contributed by atoms with van der Waals surface area (Å²) in [6.07, 6.45) is -2.83. The Hall–Kier alpha value is -1.92. The number of phosphoric acid groups is 1. The number of nitrogens with zero attached hydrogens (tertiary/aromatic N) is 4. The van der Waals surface area contributed by atoms with Gasteiger partial charge >= 0.3 is 7.82 Å². The van der Waals surface area contributed by atoms with E-state index in [0.717, 1.165) is 11.5 Å². The molecule has 1 unspecified atom stereocenters. The molecule has 4 heterocycles. The molecule has 2 fully saturated rings. The highest BCUT2D eigenvalue weighted by atomic mass is 31.2. The lowest BCUT2D eigenvalue weighted by Gasteiger charge is -2.36. The van der Waals surface area contributed by atoms with Crippen molar-refractivity contribution in [3.05, 3.63) is 6.33 Å². The van der Waals surface area contributed by atoms with Crippen molar-refractivity contribution in [2.75, 3.05) is 18.9 Å². The van der Waals surface area contributed by atoms with Crippen LogP contribution in [0, 0.1) is 0 Å². The molecule has 2 saturated heterocycles. The fraction of sp³-hybridized carbons (Fsp3) is 0.688. The van der Waals surface area contributed by atoms with Gasteiger partial charge in [0.15, 0.2) is 29.2 Å². The number of fused-ring (bicyclic) bond motifs is 2. The molecule has 2 aromatic heterocycles. The first kappa shape index (κ1) is 21.3. The van der Waals surface area contributed by atoms with E-state index in [1.165, 1.54) is 6.33 Å². The van der Waals surface area contributed by atoms with Crippen molar-refractivity contribution >= 4 is 24.9 Å². The number of ether oxygens (including phenoxy) is 2. The van der Waals surface area contributed by atoms with Crippen LogP contribution in [0.3, 0.4) is 0 Å². The molecular weight excluding hydrogens is 427 g/mol. The van der Waals surface area contributed by atoms with Gasteiger partial charge in [-0.3, -0.25) is 18.1 Å². The Morgan fingerprint density at radius 2 is 2.17 bits per heavy atom. The van der Waals surface area contributed by atoms with E-state index in [1.54, 1.807) is 20.8 Å². The van der Waals surface area contributed by atoms with E-state index in [2.05, 4.69) is 15.0 Å². The summed E-state index contributed by atoms with van der Waals surface area (Å²) in [7, 11) is -4.19. The van der Waals surface area contributed by atoms with Gasteiger partial charge in [-0.2, -0.15) is 9.97 Å². The third-order valence-corrected chi connectivity index (χ3v) is 6.22. The molecule has 2 aliphatic rings. The van der Waals surface area contributed by atoms with Crippen LogP contribution in [0.25, 0.3) is 11.2 Å². The van der Waals surface area contributed by atoms with Gasteiger partial charge in [-0.15, -0.1) is 0 Å². The van der Waals surface area contributed by atoms with Crippen molar-refractivity contribution in [2.24, 2.45) is 0 Å². The quantitative estimate of drug-likeness (QED) is 0.679. The average Bonchev–Trinajstić information content (AvgIpc) is 3.13. The van der Waals surface area contributed by atoms with Crippen molar-refractivity contribution < 1.29 is 36.4 Å². The molecule has 0 saturated carbocycles. The molecule has 0 aliphatic carbocycles. The average molecular weight is 449 g/mol. The van der Waals surface area contributed by atoms with E-state index >= 15 is 8.78 Å². The molecule has 166 valence electrons. The number of aromatic nitrogens is 4. The topological polar surface area (TPSA) is 133 Å². The highest BCUT2D eigenvalue weighted by Gasteiger charge is 2.70. The number of hydrogen-bond acceptors (Lipinski definition) is 10. The largest absolute Gasteiger partial charge is 0.476 e. The smallest absolute Gasteiger partial charge is 0.475 e. The van der Waals surface area contributed by atoms with Crippen LogP contribution in [0.1, 0.15) is 33.9 Å². The summed E-state index contributed by atoms with van der Waals surface area (Å²) in [5.74, 6) is -2.77. The van der Waals surface area contributed by atoms with Crippen LogP contribution < -0.4 is 10.5 Å². The Labute approximate surface area is 170 Å². The highest BCUT2D eigenvalue weighted by molar-refractivity contribution is 7.48. The fourth-order valence-electron chi connectivity index (χ4n) is 3.49. The molecule has 0 bridgehead atoms. The maximum absolute atomic E-state index is 15.9. The Morgan fingerprint density at radius 3 is 2.83 bits per heavy atom. The molecule has 0 aromatic carbocycles. The standard InChI is InChI=1S/C16H22F2N5O6P/c1-5-25-11-9-10(21-14(19)22-11)23(7-20-9)13-15(4,17)12-16(18,27-13)6-26-30(24,29-12)28-8(2)3/h7-8,12-13H,5-6H2,1-4H3,(H2,19,21,22)/t12?,13-,15-,16-,30+/m1/s1. The number of imidazole rings is 1. The number of alkyl halides is 2. The molecule has 2 N–H and O–H groups in total. The number of anilines is 1. The Kier molecular flexibility index (Phi) is 5.02. The molecular formula is C16H22F2N5O6P. The van der Waals surface area contributed by atoms with Gasteiger partial charge in [-0.1, -0.05) is 0 Å². The van der Waals surface area contributed by atoms with Crippen LogP contribution >= 0.6 is 7.82 Å². The predicted octanol–water partition coefficient (Wildman–Crippen LogP) is 2.68. The molecule has 11 nitrogen and oxygen atoms in total. The number of halogens is 2. The first-order valence-electron chi connectivity index (χ1n) is 9.29. The molecule has 14 heteroatoms. The zero-order valence-corrected chi connectivity index (χ0v) is 17.6. The summed E-state index contributed by atoms with van der Waals surface area (Å²) in [4.78, 5) is 12.2. The number of hydrogen-bond donors (Lipinski definition) is 1. The summed E-state index contributed by atoms with van der Waals surface area (Å²) in [5.41, 5.74) is 3.49. The van der Waals surface area contributed by atoms with E-state index < -0.39 is 44.4 Å². The van der Waals surface area contributed by atoms with Crippen LogP contribution in [-0.4, -0.2) is 56.5 Å². The Balaban J connectivity index is 1.74. The lowest BCUT2D eigenvalue weighted by molar-refractivity contribution is -0.220. The molecule has 30 heavy (non-hydrogen) atoms. The third-order valence-electron chi connectivity index (χ3n) is 4.63. The van der Waals surface area contributed by atoms with Crippen LogP contribution in [0.4, 0.5) is 14.7 Å². The van der Waals surface area contributed by atoms with E-state index in [1.807, 2.05) is 0 Å². The molecule has 2 aliphatic heterocycles. The molecule has 0 radical (unpaired) electrons. The van der Waals surface area contributed by atoms with Crippen molar-refractivity contribution in [1.82, 2.24) is 19.5 Å². The van der Waals surface area contributed by atoms with E-state index in [9.17, 15) is 4.57 Å². The monoisotopic (exact) mass is 449 g/mol. The summed E-state index contributed by atoms with van der Waals surface area (Å²) >= 11 is 0. The van der Waals surface area contributed by atoms with E-state index in [4.69, 9.17) is 28.8 Å². The van der Waals surface area contributed by atoms with Gasteiger partial charge in [-0.25, -0.2) is 18.3 Å². The van der Waals surface area contributed by atoms with E-state index in [-0.39, 0.29) is 29.6 Å². The number of phosphoric ester groups is 1. The molecule has 4 rings (SSSR count). The minimum atomic E-state index is -4.19. The second kappa shape index (κ2) is 7.06. The first-order chi connectivity index (χ1) is 14.0. The van der Waals surface area contributed by atoms with E-state index in [0.29, 0.717) is 0 Å². The Bertz CT molecular complexity index is 1020. The molecule has 0 spiro atoms. The summed E-state index contributed by atoms with van der Waals surface area (Å²) in [6, 6.07) is 0. The van der Waals surface area contributed by atoms with Crippen molar-refractivity contribution in [3.63, 3.8) is 0 Å².